The Morgan fingerprint density at radius 3 is 2.71 bits per heavy atom. The molecule has 0 spiro atoms. The highest BCUT2D eigenvalue weighted by Gasteiger charge is 2.29. The summed E-state index contributed by atoms with van der Waals surface area (Å²) >= 11 is 0. The molecule has 1 aliphatic rings. The van der Waals surface area contributed by atoms with Crippen LogP contribution in [0.5, 0.6) is 5.75 Å². The van der Waals surface area contributed by atoms with Crippen LogP contribution in [0, 0.1) is 6.92 Å². The van der Waals surface area contributed by atoms with Crippen LogP contribution in [0.1, 0.15) is 36.1 Å². The largest absolute Gasteiger partial charge is 0.487 e. The molecule has 1 heterocycles. The third-order valence-electron chi connectivity index (χ3n) is 4.03. The number of hydrogen-bond acceptors (Lipinski definition) is 2. The second-order valence-corrected chi connectivity index (χ2v) is 6.51. The first-order valence-electron chi connectivity index (χ1n) is 7.59. The number of benzene rings is 2. The molecular weight excluding hydrogens is 258 g/mol. The summed E-state index contributed by atoms with van der Waals surface area (Å²) in [4.78, 5) is 0. The average Bonchev–Trinajstić information content (AvgIpc) is 2.74. The van der Waals surface area contributed by atoms with Crippen molar-refractivity contribution in [2.45, 2.75) is 45.9 Å². The lowest BCUT2D eigenvalue weighted by Crippen LogP contribution is -2.24. The monoisotopic (exact) mass is 281 g/mol. The zero-order valence-electron chi connectivity index (χ0n) is 13.1. The van der Waals surface area contributed by atoms with Crippen molar-refractivity contribution in [3.8, 4) is 5.75 Å². The Labute approximate surface area is 127 Å². The maximum Gasteiger partial charge on any atom is 0.123 e. The molecule has 0 atom stereocenters. The minimum Gasteiger partial charge on any atom is -0.487 e. The van der Waals surface area contributed by atoms with Gasteiger partial charge in [0.25, 0.3) is 0 Å². The van der Waals surface area contributed by atoms with Gasteiger partial charge in [-0.2, -0.15) is 0 Å². The van der Waals surface area contributed by atoms with Gasteiger partial charge in [0.2, 0.25) is 0 Å². The molecular formula is C19H23NO. The first-order valence-corrected chi connectivity index (χ1v) is 7.59. The molecule has 2 nitrogen and oxygen atoms in total. The summed E-state index contributed by atoms with van der Waals surface area (Å²) < 4.78 is 5.92. The van der Waals surface area contributed by atoms with Gasteiger partial charge in [-0.15, -0.1) is 0 Å². The first-order chi connectivity index (χ1) is 10.0. The third kappa shape index (κ3) is 3.27. The molecule has 2 aromatic rings. The molecule has 0 unspecified atom stereocenters. The summed E-state index contributed by atoms with van der Waals surface area (Å²) in [5.74, 6) is 1.04. The van der Waals surface area contributed by atoms with E-state index in [0.29, 0.717) is 0 Å². The number of hydrogen-bond donors (Lipinski definition) is 1. The number of rotatable bonds is 4. The molecule has 0 amide bonds. The second kappa shape index (κ2) is 5.53. The summed E-state index contributed by atoms with van der Waals surface area (Å²) in [7, 11) is 0. The summed E-state index contributed by atoms with van der Waals surface area (Å²) in [6.45, 7) is 8.24. The summed E-state index contributed by atoms with van der Waals surface area (Å²) in [6.07, 6.45) is 0.994. The van der Waals surface area contributed by atoms with E-state index in [1.807, 2.05) is 0 Å². The normalized spacial score (nSPS) is 15.6. The van der Waals surface area contributed by atoms with Crippen LogP contribution in [0.3, 0.4) is 0 Å². The van der Waals surface area contributed by atoms with Crippen molar-refractivity contribution in [2.75, 3.05) is 0 Å². The van der Waals surface area contributed by atoms with E-state index in [9.17, 15) is 0 Å². The SMILES string of the molecule is Cc1ccccc1CNCc1ccc2c(c1)CC(C)(C)O2. The predicted octanol–water partition coefficient (Wildman–Crippen LogP) is 4.00. The van der Waals surface area contributed by atoms with Crippen molar-refractivity contribution in [1.82, 2.24) is 5.32 Å². The molecule has 0 saturated carbocycles. The standard InChI is InChI=1S/C19H23NO/c1-14-6-4-5-7-16(14)13-20-12-15-8-9-18-17(10-15)11-19(2,3)21-18/h4-10,20H,11-13H2,1-3H3. The van der Waals surface area contributed by atoms with Crippen molar-refractivity contribution in [2.24, 2.45) is 0 Å². The lowest BCUT2D eigenvalue weighted by molar-refractivity contribution is 0.138. The third-order valence-corrected chi connectivity index (χ3v) is 4.03. The van der Waals surface area contributed by atoms with Crippen LogP contribution in [0.4, 0.5) is 0 Å². The fraction of sp³-hybridized carbons (Fsp3) is 0.368. The molecule has 110 valence electrons. The van der Waals surface area contributed by atoms with Gasteiger partial charge < -0.3 is 10.1 Å². The van der Waals surface area contributed by atoms with Crippen LogP contribution in [0.25, 0.3) is 0 Å². The number of ether oxygens (including phenoxy) is 1. The van der Waals surface area contributed by atoms with Crippen molar-refractivity contribution in [3.63, 3.8) is 0 Å². The molecule has 2 heteroatoms. The summed E-state index contributed by atoms with van der Waals surface area (Å²) in [6, 6.07) is 15.1. The molecule has 1 aliphatic heterocycles. The summed E-state index contributed by atoms with van der Waals surface area (Å²) in [5, 5.41) is 3.53. The zero-order chi connectivity index (χ0) is 14.9. The average molecular weight is 281 g/mol. The van der Waals surface area contributed by atoms with Crippen molar-refractivity contribution < 1.29 is 4.74 Å². The molecule has 0 aromatic heterocycles. The second-order valence-electron chi connectivity index (χ2n) is 6.51. The van der Waals surface area contributed by atoms with E-state index in [1.54, 1.807) is 0 Å². The Bertz CT molecular complexity index is 646. The van der Waals surface area contributed by atoms with Crippen molar-refractivity contribution in [3.05, 3.63) is 64.7 Å². The fourth-order valence-corrected chi connectivity index (χ4v) is 2.92. The molecule has 0 radical (unpaired) electrons. The molecule has 2 aromatic carbocycles. The van der Waals surface area contributed by atoms with Gasteiger partial charge in [0, 0.05) is 19.5 Å². The Morgan fingerprint density at radius 1 is 1.10 bits per heavy atom. The first kappa shape index (κ1) is 14.2. The Morgan fingerprint density at radius 2 is 1.90 bits per heavy atom. The molecule has 21 heavy (non-hydrogen) atoms. The van der Waals surface area contributed by atoms with E-state index >= 15 is 0 Å². The Kier molecular flexibility index (Phi) is 3.73. The van der Waals surface area contributed by atoms with Crippen molar-refractivity contribution >= 4 is 0 Å². The van der Waals surface area contributed by atoms with E-state index in [2.05, 4.69) is 68.6 Å². The van der Waals surface area contributed by atoms with Crippen molar-refractivity contribution in [1.29, 1.82) is 0 Å². The minimum absolute atomic E-state index is 0.0600. The maximum atomic E-state index is 5.92. The van der Waals surface area contributed by atoms with Crippen LogP contribution < -0.4 is 10.1 Å². The van der Waals surface area contributed by atoms with Gasteiger partial charge in [-0.3, -0.25) is 0 Å². The number of fused-ring (bicyclic) bond motifs is 1. The van der Waals surface area contributed by atoms with E-state index in [1.165, 1.54) is 22.3 Å². The van der Waals surface area contributed by atoms with Gasteiger partial charge in [-0.05, 0) is 49.1 Å². The predicted molar refractivity (Wildman–Crippen MR) is 86.6 cm³/mol. The van der Waals surface area contributed by atoms with E-state index in [-0.39, 0.29) is 5.60 Å². The highest BCUT2D eigenvalue weighted by molar-refractivity contribution is 5.41. The molecule has 1 N–H and O–H groups in total. The van der Waals surface area contributed by atoms with Gasteiger partial charge in [-0.25, -0.2) is 0 Å². The minimum atomic E-state index is -0.0600. The van der Waals surface area contributed by atoms with E-state index in [4.69, 9.17) is 4.74 Å². The lowest BCUT2D eigenvalue weighted by Gasteiger charge is -2.16. The van der Waals surface area contributed by atoms with Gasteiger partial charge in [0.1, 0.15) is 11.4 Å². The molecule has 0 bridgehead atoms. The lowest BCUT2D eigenvalue weighted by atomic mass is 10.0. The Hall–Kier alpha value is -1.80. The fourth-order valence-electron chi connectivity index (χ4n) is 2.92. The van der Waals surface area contributed by atoms with E-state index < -0.39 is 0 Å². The van der Waals surface area contributed by atoms with Crippen LogP contribution in [0.15, 0.2) is 42.5 Å². The highest BCUT2D eigenvalue weighted by Crippen LogP contribution is 2.35. The van der Waals surface area contributed by atoms with Crippen LogP contribution >= 0.6 is 0 Å². The molecule has 0 fully saturated rings. The topological polar surface area (TPSA) is 21.3 Å². The van der Waals surface area contributed by atoms with Crippen LogP contribution in [-0.2, 0) is 19.5 Å². The Balaban J connectivity index is 1.61. The molecule has 0 saturated heterocycles. The molecule has 3 rings (SSSR count). The van der Waals surface area contributed by atoms with E-state index in [0.717, 1.165) is 25.3 Å². The smallest absolute Gasteiger partial charge is 0.123 e. The maximum absolute atomic E-state index is 5.92. The van der Waals surface area contributed by atoms with Crippen LogP contribution in [0.2, 0.25) is 0 Å². The van der Waals surface area contributed by atoms with Crippen LogP contribution in [-0.4, -0.2) is 5.60 Å². The number of aryl methyl sites for hydroxylation is 1. The van der Waals surface area contributed by atoms with Gasteiger partial charge in [-0.1, -0.05) is 36.4 Å². The quantitative estimate of drug-likeness (QED) is 0.914. The summed E-state index contributed by atoms with van der Waals surface area (Å²) in [5.41, 5.74) is 5.30. The zero-order valence-corrected chi connectivity index (χ0v) is 13.1. The highest BCUT2D eigenvalue weighted by atomic mass is 16.5. The van der Waals surface area contributed by atoms with Gasteiger partial charge in [0.05, 0.1) is 0 Å². The number of nitrogens with one attached hydrogen (secondary N) is 1. The van der Waals surface area contributed by atoms with Gasteiger partial charge >= 0.3 is 0 Å². The molecule has 0 aliphatic carbocycles. The van der Waals surface area contributed by atoms with Gasteiger partial charge in [0.15, 0.2) is 0 Å².